The number of alkyl halides is 3. The molecule has 4 nitrogen and oxygen atoms in total. The number of nitriles is 1. The van der Waals surface area contributed by atoms with E-state index in [4.69, 9.17) is 4.74 Å². The Kier molecular flexibility index (Phi) is 4.36. The number of fused-ring (bicyclic) bond motifs is 1. The molecule has 0 bridgehead atoms. The quantitative estimate of drug-likeness (QED) is 0.677. The molecular formula is C19H16F3N3O. The van der Waals surface area contributed by atoms with Crippen LogP contribution in [0, 0.1) is 25.2 Å². The fourth-order valence-corrected chi connectivity index (χ4v) is 3.21. The highest BCUT2D eigenvalue weighted by Crippen LogP contribution is 2.37. The van der Waals surface area contributed by atoms with Gasteiger partial charge in [-0.1, -0.05) is 6.07 Å². The van der Waals surface area contributed by atoms with Gasteiger partial charge >= 0.3 is 6.18 Å². The summed E-state index contributed by atoms with van der Waals surface area (Å²) in [6.07, 6.45) is -3.03. The van der Waals surface area contributed by atoms with Gasteiger partial charge in [-0.25, -0.2) is 4.98 Å². The van der Waals surface area contributed by atoms with Gasteiger partial charge in [0.1, 0.15) is 29.7 Å². The van der Waals surface area contributed by atoms with Gasteiger partial charge < -0.3 is 9.30 Å². The number of halogens is 3. The van der Waals surface area contributed by atoms with E-state index in [1.165, 1.54) is 6.20 Å². The molecular weight excluding hydrogens is 343 g/mol. The topological polar surface area (TPSA) is 50.8 Å². The Morgan fingerprint density at radius 3 is 2.58 bits per heavy atom. The molecule has 26 heavy (non-hydrogen) atoms. The first-order valence-corrected chi connectivity index (χ1v) is 7.86. The summed E-state index contributed by atoms with van der Waals surface area (Å²) in [7, 11) is 1.56. The maximum atomic E-state index is 12.8. The monoisotopic (exact) mass is 359 g/mol. The minimum Gasteiger partial charge on any atom is -0.496 e. The Labute approximate surface area is 148 Å². The van der Waals surface area contributed by atoms with Crippen LogP contribution in [0.5, 0.6) is 5.75 Å². The van der Waals surface area contributed by atoms with Crippen LogP contribution in [0.25, 0.3) is 22.2 Å². The van der Waals surface area contributed by atoms with E-state index in [0.29, 0.717) is 16.7 Å². The lowest BCUT2D eigenvalue weighted by atomic mass is 9.93. The van der Waals surface area contributed by atoms with Crippen LogP contribution in [-0.4, -0.2) is 22.8 Å². The SMILES string of the molecule is COc1ccc(C)c(-c2cc(C#N)nc3c2ccn3CC(F)(F)F)c1C. The summed E-state index contributed by atoms with van der Waals surface area (Å²) in [6, 6.07) is 8.87. The molecule has 0 saturated carbocycles. The van der Waals surface area contributed by atoms with E-state index in [-0.39, 0.29) is 11.3 Å². The van der Waals surface area contributed by atoms with E-state index in [2.05, 4.69) is 4.98 Å². The number of benzene rings is 1. The van der Waals surface area contributed by atoms with Gasteiger partial charge in [-0.2, -0.15) is 18.4 Å². The van der Waals surface area contributed by atoms with Crippen molar-refractivity contribution >= 4 is 11.0 Å². The molecule has 0 N–H and O–H groups in total. The van der Waals surface area contributed by atoms with Gasteiger partial charge in [-0.05, 0) is 54.3 Å². The standard InChI is InChI=1S/C19H16F3N3O/c1-11-4-5-16(26-3)12(2)17(11)15-8-13(9-23)24-18-14(15)6-7-25(18)10-19(20,21)22/h4-8H,10H2,1-3H3. The van der Waals surface area contributed by atoms with Crippen molar-refractivity contribution in [2.75, 3.05) is 7.11 Å². The average Bonchev–Trinajstić information content (AvgIpc) is 2.96. The zero-order valence-electron chi connectivity index (χ0n) is 14.5. The van der Waals surface area contributed by atoms with Crippen LogP contribution in [0.15, 0.2) is 30.5 Å². The Balaban J connectivity index is 2.33. The molecule has 134 valence electrons. The summed E-state index contributed by atoms with van der Waals surface area (Å²) in [5.74, 6) is 0.670. The Hall–Kier alpha value is -3.01. The molecule has 3 rings (SSSR count). The molecule has 2 heterocycles. The highest BCUT2D eigenvalue weighted by molar-refractivity contribution is 5.96. The summed E-state index contributed by atoms with van der Waals surface area (Å²) < 4.78 is 44.9. The van der Waals surface area contributed by atoms with Gasteiger partial charge in [0.05, 0.1) is 7.11 Å². The van der Waals surface area contributed by atoms with Gasteiger partial charge in [-0.15, -0.1) is 0 Å². The third-order valence-corrected chi connectivity index (χ3v) is 4.31. The van der Waals surface area contributed by atoms with E-state index < -0.39 is 12.7 Å². The lowest BCUT2D eigenvalue weighted by Crippen LogP contribution is -2.17. The van der Waals surface area contributed by atoms with Crippen molar-refractivity contribution in [2.24, 2.45) is 0 Å². The molecule has 0 atom stereocenters. The molecule has 1 aromatic carbocycles. The van der Waals surface area contributed by atoms with Crippen LogP contribution >= 0.6 is 0 Å². The highest BCUT2D eigenvalue weighted by Gasteiger charge is 2.29. The first-order chi connectivity index (χ1) is 12.2. The lowest BCUT2D eigenvalue weighted by Gasteiger charge is -2.15. The number of ether oxygens (including phenoxy) is 1. The molecule has 0 fully saturated rings. The zero-order chi connectivity index (χ0) is 19.1. The van der Waals surface area contributed by atoms with Crippen molar-refractivity contribution in [1.29, 1.82) is 5.26 Å². The Bertz CT molecular complexity index is 1030. The van der Waals surface area contributed by atoms with Crippen molar-refractivity contribution < 1.29 is 17.9 Å². The summed E-state index contributed by atoms with van der Waals surface area (Å²) in [4.78, 5) is 4.10. The van der Waals surface area contributed by atoms with Crippen LogP contribution in [0.4, 0.5) is 13.2 Å². The predicted molar refractivity (Wildman–Crippen MR) is 92.0 cm³/mol. The first kappa shape index (κ1) is 17.8. The van der Waals surface area contributed by atoms with E-state index in [1.807, 2.05) is 32.0 Å². The number of hydrogen-bond donors (Lipinski definition) is 0. The van der Waals surface area contributed by atoms with Crippen LogP contribution in [0.2, 0.25) is 0 Å². The van der Waals surface area contributed by atoms with Crippen LogP contribution in [0.1, 0.15) is 16.8 Å². The number of methoxy groups -OCH3 is 1. The fraction of sp³-hybridized carbons (Fsp3) is 0.263. The van der Waals surface area contributed by atoms with Crippen LogP contribution in [0.3, 0.4) is 0 Å². The van der Waals surface area contributed by atoms with E-state index in [1.54, 1.807) is 19.2 Å². The first-order valence-electron chi connectivity index (χ1n) is 7.86. The van der Waals surface area contributed by atoms with Gasteiger partial charge in [-0.3, -0.25) is 0 Å². The molecule has 0 amide bonds. The second kappa shape index (κ2) is 6.37. The molecule has 0 aliphatic heterocycles. The number of aryl methyl sites for hydroxylation is 1. The van der Waals surface area contributed by atoms with Crippen LogP contribution in [-0.2, 0) is 6.54 Å². The summed E-state index contributed by atoms with van der Waals surface area (Å²) in [5, 5.41) is 9.86. The Morgan fingerprint density at radius 1 is 1.23 bits per heavy atom. The Morgan fingerprint density at radius 2 is 1.96 bits per heavy atom. The fourth-order valence-electron chi connectivity index (χ4n) is 3.21. The molecule has 2 aromatic heterocycles. The van der Waals surface area contributed by atoms with Crippen molar-refractivity contribution in [1.82, 2.24) is 9.55 Å². The predicted octanol–water partition coefficient (Wildman–Crippen LogP) is 4.76. The maximum absolute atomic E-state index is 12.8. The number of pyridine rings is 1. The summed E-state index contributed by atoms with van der Waals surface area (Å²) in [6.45, 7) is 2.63. The van der Waals surface area contributed by atoms with Crippen molar-refractivity contribution in [3.63, 3.8) is 0 Å². The molecule has 3 aromatic rings. The smallest absolute Gasteiger partial charge is 0.406 e. The van der Waals surface area contributed by atoms with Crippen molar-refractivity contribution in [3.05, 3.63) is 47.3 Å². The minimum atomic E-state index is -4.38. The van der Waals surface area contributed by atoms with Crippen LogP contribution < -0.4 is 4.74 Å². The molecule has 0 spiro atoms. The van der Waals surface area contributed by atoms with Crippen molar-refractivity contribution in [3.8, 4) is 22.9 Å². The molecule has 0 aliphatic carbocycles. The van der Waals surface area contributed by atoms with Gasteiger partial charge in [0.15, 0.2) is 0 Å². The summed E-state index contributed by atoms with van der Waals surface area (Å²) >= 11 is 0. The number of nitrogens with zero attached hydrogens (tertiary/aromatic N) is 3. The molecule has 0 radical (unpaired) electrons. The third kappa shape index (κ3) is 3.10. The second-order valence-electron chi connectivity index (χ2n) is 6.05. The number of aromatic nitrogens is 2. The maximum Gasteiger partial charge on any atom is 0.406 e. The normalized spacial score (nSPS) is 11.6. The summed E-state index contributed by atoms with van der Waals surface area (Å²) in [5.41, 5.74) is 3.49. The zero-order valence-corrected chi connectivity index (χ0v) is 14.5. The molecule has 0 saturated heterocycles. The van der Waals surface area contributed by atoms with Gasteiger partial charge in [0.2, 0.25) is 0 Å². The number of hydrogen-bond acceptors (Lipinski definition) is 3. The molecule has 7 heteroatoms. The lowest BCUT2D eigenvalue weighted by molar-refractivity contribution is -0.139. The highest BCUT2D eigenvalue weighted by atomic mass is 19.4. The molecule has 0 aliphatic rings. The van der Waals surface area contributed by atoms with E-state index in [0.717, 1.165) is 21.3 Å². The third-order valence-electron chi connectivity index (χ3n) is 4.31. The minimum absolute atomic E-state index is 0.0660. The van der Waals surface area contributed by atoms with Gasteiger partial charge in [0.25, 0.3) is 0 Å². The average molecular weight is 359 g/mol. The second-order valence-corrected chi connectivity index (χ2v) is 6.05. The van der Waals surface area contributed by atoms with E-state index >= 15 is 0 Å². The van der Waals surface area contributed by atoms with Gasteiger partial charge in [0, 0.05) is 11.6 Å². The molecule has 0 unspecified atom stereocenters. The van der Waals surface area contributed by atoms with E-state index in [9.17, 15) is 18.4 Å². The van der Waals surface area contributed by atoms with Crippen molar-refractivity contribution in [2.45, 2.75) is 26.6 Å². The number of rotatable bonds is 3. The largest absolute Gasteiger partial charge is 0.496 e.